The Labute approximate surface area is 174 Å². The largest absolute Gasteiger partial charge is 0.388 e. The first-order valence-electron chi connectivity index (χ1n) is 10.3. The molecule has 0 bridgehead atoms. The van der Waals surface area contributed by atoms with Gasteiger partial charge in [-0.3, -0.25) is 14.4 Å². The number of halogens is 1. The van der Waals surface area contributed by atoms with Crippen LogP contribution in [-0.4, -0.2) is 44.6 Å². The number of rotatable bonds is 2. The predicted octanol–water partition coefficient (Wildman–Crippen LogP) is 2.61. The Morgan fingerprint density at radius 1 is 1.29 bits per heavy atom. The Morgan fingerprint density at radius 2 is 1.96 bits per heavy atom. The molecule has 0 aliphatic heterocycles. The number of allylic oxidation sites excluding steroid dienone is 1. The monoisotopic (exact) mass is 452 g/mol. The van der Waals surface area contributed by atoms with E-state index in [1.807, 2.05) is 13.8 Å². The SMILES string of the molecule is C[C@@H]1C[C@H]2[C@@H]3C[C@@H](Br)C4=CC(=O)CC[C@]4(C)[C@H]3C(=O)C[C@]2(C)[C@@]1(O)C(=O)CO. The first-order chi connectivity index (χ1) is 13.0. The summed E-state index contributed by atoms with van der Waals surface area (Å²) in [6.07, 6.45) is 4.41. The van der Waals surface area contributed by atoms with Crippen molar-refractivity contribution in [1.82, 2.24) is 0 Å². The number of ketones is 3. The molecule has 2 N–H and O–H groups in total. The molecule has 0 heterocycles. The van der Waals surface area contributed by atoms with Crippen molar-refractivity contribution in [2.24, 2.45) is 34.5 Å². The molecule has 0 aromatic rings. The van der Waals surface area contributed by atoms with Gasteiger partial charge in [-0.05, 0) is 48.7 Å². The Balaban J connectivity index is 1.81. The van der Waals surface area contributed by atoms with E-state index in [9.17, 15) is 24.6 Å². The fourth-order valence-corrected chi connectivity index (χ4v) is 8.53. The minimum absolute atomic E-state index is 0.0238. The van der Waals surface area contributed by atoms with Gasteiger partial charge in [-0.15, -0.1) is 0 Å². The van der Waals surface area contributed by atoms with Gasteiger partial charge in [-0.1, -0.05) is 36.7 Å². The maximum atomic E-state index is 13.5. The van der Waals surface area contributed by atoms with Gasteiger partial charge < -0.3 is 10.2 Å². The van der Waals surface area contributed by atoms with Gasteiger partial charge in [0.1, 0.15) is 18.0 Å². The van der Waals surface area contributed by atoms with Gasteiger partial charge in [0.25, 0.3) is 0 Å². The number of aliphatic hydroxyl groups is 2. The molecule has 4 aliphatic rings. The highest BCUT2D eigenvalue weighted by molar-refractivity contribution is 9.09. The topological polar surface area (TPSA) is 91.7 Å². The Hall–Kier alpha value is -0.850. The van der Waals surface area contributed by atoms with Gasteiger partial charge in [0, 0.05) is 34.4 Å². The molecule has 0 unspecified atom stereocenters. The molecular weight excluding hydrogens is 424 g/mol. The van der Waals surface area contributed by atoms with Crippen molar-refractivity contribution in [2.45, 2.75) is 63.3 Å². The van der Waals surface area contributed by atoms with Crippen LogP contribution in [0.2, 0.25) is 0 Å². The number of alkyl halides is 1. The lowest BCUT2D eigenvalue weighted by atomic mass is 9.45. The lowest BCUT2D eigenvalue weighted by Crippen LogP contribution is -2.62. The van der Waals surface area contributed by atoms with Crippen LogP contribution in [0.1, 0.15) is 52.9 Å². The van der Waals surface area contributed by atoms with E-state index in [-0.39, 0.29) is 51.9 Å². The Kier molecular flexibility index (Phi) is 4.61. The number of carbonyl (C=O) groups excluding carboxylic acids is 3. The van der Waals surface area contributed by atoms with Gasteiger partial charge in [-0.2, -0.15) is 0 Å². The van der Waals surface area contributed by atoms with Crippen LogP contribution in [0.4, 0.5) is 0 Å². The number of hydrogen-bond donors (Lipinski definition) is 2. The molecule has 154 valence electrons. The normalized spacial score (nSPS) is 50.5. The van der Waals surface area contributed by atoms with Gasteiger partial charge in [0.2, 0.25) is 0 Å². The van der Waals surface area contributed by atoms with E-state index in [4.69, 9.17) is 0 Å². The smallest absolute Gasteiger partial charge is 0.190 e. The van der Waals surface area contributed by atoms with Gasteiger partial charge >= 0.3 is 0 Å². The molecule has 0 radical (unpaired) electrons. The van der Waals surface area contributed by atoms with Crippen molar-refractivity contribution >= 4 is 33.3 Å². The molecule has 3 saturated carbocycles. The second kappa shape index (κ2) is 6.32. The zero-order chi connectivity index (χ0) is 20.6. The number of Topliss-reactive ketones (excluding diaryl/α,β-unsaturated/α-hetero) is 2. The maximum Gasteiger partial charge on any atom is 0.190 e. The van der Waals surface area contributed by atoms with E-state index >= 15 is 0 Å². The quantitative estimate of drug-likeness (QED) is 0.628. The predicted molar refractivity (Wildman–Crippen MR) is 107 cm³/mol. The molecule has 0 aromatic heterocycles. The van der Waals surface area contributed by atoms with Gasteiger partial charge in [-0.25, -0.2) is 0 Å². The van der Waals surface area contributed by atoms with Crippen LogP contribution < -0.4 is 0 Å². The number of carbonyl (C=O) groups is 3. The third-order valence-corrected chi connectivity index (χ3v) is 9.65. The van der Waals surface area contributed by atoms with Crippen molar-refractivity contribution in [3.05, 3.63) is 11.6 Å². The standard InChI is InChI=1S/C22H29BrO5/c1-11-6-14-13-8-16(23)15-7-12(25)4-5-20(15,2)19(13)17(26)9-21(14,3)22(11,28)18(27)10-24/h7,11,13-14,16,19,24,28H,4-6,8-10H2,1-3H3/t11-,13+,14+,16-,19-,20+,21+,22+/m1/s1. The van der Waals surface area contributed by atoms with E-state index in [0.29, 0.717) is 19.3 Å². The molecule has 4 aliphatic carbocycles. The maximum absolute atomic E-state index is 13.5. The van der Waals surface area contributed by atoms with E-state index in [2.05, 4.69) is 22.9 Å². The summed E-state index contributed by atoms with van der Waals surface area (Å²) in [7, 11) is 0. The molecule has 0 amide bonds. The molecule has 28 heavy (non-hydrogen) atoms. The van der Waals surface area contributed by atoms with Gasteiger partial charge in [0.15, 0.2) is 11.6 Å². The summed E-state index contributed by atoms with van der Waals surface area (Å²) in [6, 6.07) is 0. The highest BCUT2D eigenvalue weighted by atomic mass is 79.9. The van der Waals surface area contributed by atoms with E-state index in [1.54, 1.807) is 6.08 Å². The third-order valence-electron chi connectivity index (χ3n) is 8.78. The van der Waals surface area contributed by atoms with Crippen molar-refractivity contribution in [3.8, 4) is 0 Å². The first kappa shape index (κ1) is 20.4. The van der Waals surface area contributed by atoms with E-state index in [1.165, 1.54) is 0 Å². The fourth-order valence-electron chi connectivity index (χ4n) is 7.44. The number of aliphatic hydroxyl groups excluding tert-OH is 1. The molecule has 6 heteroatoms. The minimum atomic E-state index is -1.67. The highest BCUT2D eigenvalue weighted by Crippen LogP contribution is 2.68. The number of fused-ring (bicyclic) bond motifs is 5. The first-order valence-corrected chi connectivity index (χ1v) is 11.2. The Bertz CT molecular complexity index is 790. The molecule has 4 rings (SSSR count). The van der Waals surface area contributed by atoms with Crippen molar-refractivity contribution in [2.75, 3.05) is 6.61 Å². The van der Waals surface area contributed by atoms with E-state index in [0.717, 1.165) is 12.0 Å². The van der Waals surface area contributed by atoms with Gasteiger partial charge in [0.05, 0.1) is 0 Å². The molecule has 8 atom stereocenters. The number of hydrogen-bond acceptors (Lipinski definition) is 5. The minimum Gasteiger partial charge on any atom is -0.388 e. The molecule has 3 fully saturated rings. The Morgan fingerprint density at radius 3 is 2.61 bits per heavy atom. The van der Waals surface area contributed by atoms with Crippen LogP contribution >= 0.6 is 15.9 Å². The molecule has 0 spiro atoms. The molecule has 0 aromatic carbocycles. The summed E-state index contributed by atoms with van der Waals surface area (Å²) in [5, 5.41) is 21.0. The van der Waals surface area contributed by atoms with Crippen LogP contribution in [0.3, 0.4) is 0 Å². The van der Waals surface area contributed by atoms with Crippen molar-refractivity contribution in [3.63, 3.8) is 0 Å². The second-order valence-electron chi connectivity index (χ2n) is 9.98. The fraction of sp³-hybridized carbons (Fsp3) is 0.773. The van der Waals surface area contributed by atoms with Crippen LogP contribution in [0.25, 0.3) is 0 Å². The summed E-state index contributed by atoms with van der Waals surface area (Å²) >= 11 is 3.77. The lowest BCUT2D eigenvalue weighted by molar-refractivity contribution is -0.174. The third kappa shape index (κ3) is 2.34. The molecule has 0 saturated heterocycles. The summed E-state index contributed by atoms with van der Waals surface area (Å²) < 4.78 is 0. The van der Waals surface area contributed by atoms with Crippen LogP contribution in [0.15, 0.2) is 11.6 Å². The zero-order valence-electron chi connectivity index (χ0n) is 16.7. The van der Waals surface area contributed by atoms with Crippen LogP contribution in [-0.2, 0) is 14.4 Å². The molecule has 5 nitrogen and oxygen atoms in total. The summed E-state index contributed by atoms with van der Waals surface area (Å²) in [5.41, 5.74) is -1.85. The lowest BCUT2D eigenvalue weighted by Gasteiger charge is -2.58. The molecular formula is C22H29BrO5. The highest BCUT2D eigenvalue weighted by Gasteiger charge is 2.71. The van der Waals surface area contributed by atoms with E-state index < -0.39 is 23.4 Å². The second-order valence-corrected chi connectivity index (χ2v) is 11.1. The van der Waals surface area contributed by atoms with Crippen molar-refractivity contribution in [1.29, 1.82) is 0 Å². The average Bonchev–Trinajstić information content (AvgIpc) is 2.83. The zero-order valence-corrected chi connectivity index (χ0v) is 18.3. The summed E-state index contributed by atoms with van der Waals surface area (Å²) in [4.78, 5) is 38.2. The summed E-state index contributed by atoms with van der Waals surface area (Å²) in [5.74, 6) is -0.768. The van der Waals surface area contributed by atoms with Crippen molar-refractivity contribution < 1.29 is 24.6 Å². The average molecular weight is 453 g/mol. The van der Waals surface area contributed by atoms with Crippen LogP contribution in [0, 0.1) is 34.5 Å². The van der Waals surface area contributed by atoms with Crippen LogP contribution in [0.5, 0.6) is 0 Å². The summed E-state index contributed by atoms with van der Waals surface area (Å²) in [6.45, 7) is 5.13.